The summed E-state index contributed by atoms with van der Waals surface area (Å²) < 4.78 is 21.7. The molecule has 38 heavy (non-hydrogen) atoms. The highest BCUT2D eigenvalue weighted by Gasteiger charge is 2.23. The standard InChI is InChI=1S/C30H50O8/c31-27-19-9-7-17-25(29(33)37-23-13-3-1-11-21-35-27)15-5-6-16-26-18-8-10-20-28(32)36-22-12-2-4-14-24-38-30(26)34/h25-26H,1-24H2. The lowest BCUT2D eigenvalue weighted by Crippen LogP contribution is -2.20. The second kappa shape index (κ2) is 20.8. The lowest BCUT2D eigenvalue weighted by atomic mass is 9.91. The predicted octanol–water partition coefficient (Wildman–Crippen LogP) is 6.22. The number of carbonyl (C=O) groups excluding carboxylic acids is 4. The van der Waals surface area contributed by atoms with Crippen molar-refractivity contribution in [2.24, 2.45) is 11.8 Å². The van der Waals surface area contributed by atoms with Gasteiger partial charge in [0.15, 0.2) is 0 Å². The second-order valence-electron chi connectivity index (χ2n) is 10.8. The summed E-state index contributed by atoms with van der Waals surface area (Å²) in [5, 5.41) is 0. The van der Waals surface area contributed by atoms with Gasteiger partial charge in [-0.2, -0.15) is 0 Å². The first-order valence-electron chi connectivity index (χ1n) is 15.2. The zero-order valence-electron chi connectivity index (χ0n) is 23.4. The summed E-state index contributed by atoms with van der Waals surface area (Å²) in [5.74, 6) is -0.933. The molecule has 2 fully saturated rings. The third-order valence-corrected chi connectivity index (χ3v) is 7.48. The maximum Gasteiger partial charge on any atom is 0.308 e. The van der Waals surface area contributed by atoms with E-state index in [2.05, 4.69) is 0 Å². The molecular weight excluding hydrogens is 488 g/mol. The van der Waals surface area contributed by atoms with E-state index in [1.54, 1.807) is 0 Å². The van der Waals surface area contributed by atoms with Crippen molar-refractivity contribution in [3.8, 4) is 0 Å². The number of ether oxygens (including phenoxy) is 4. The summed E-state index contributed by atoms with van der Waals surface area (Å²) >= 11 is 0. The van der Waals surface area contributed by atoms with Crippen LogP contribution in [0.3, 0.4) is 0 Å². The molecule has 2 saturated heterocycles. The van der Waals surface area contributed by atoms with Crippen molar-refractivity contribution in [3.63, 3.8) is 0 Å². The largest absolute Gasteiger partial charge is 0.466 e. The van der Waals surface area contributed by atoms with Gasteiger partial charge in [0, 0.05) is 12.8 Å². The molecule has 2 heterocycles. The highest BCUT2D eigenvalue weighted by molar-refractivity contribution is 5.73. The Labute approximate surface area is 228 Å². The molecule has 8 heteroatoms. The topological polar surface area (TPSA) is 105 Å². The fourth-order valence-corrected chi connectivity index (χ4v) is 5.07. The molecule has 2 aliphatic heterocycles. The molecule has 218 valence electrons. The maximum absolute atomic E-state index is 12.8. The highest BCUT2D eigenvalue weighted by atomic mass is 16.5. The predicted molar refractivity (Wildman–Crippen MR) is 143 cm³/mol. The highest BCUT2D eigenvalue weighted by Crippen LogP contribution is 2.24. The monoisotopic (exact) mass is 538 g/mol. The van der Waals surface area contributed by atoms with Gasteiger partial charge in [0.1, 0.15) is 0 Å². The van der Waals surface area contributed by atoms with Crippen molar-refractivity contribution >= 4 is 23.9 Å². The quantitative estimate of drug-likeness (QED) is 0.231. The molecule has 2 rings (SSSR count). The Morgan fingerprint density at radius 1 is 0.447 bits per heavy atom. The van der Waals surface area contributed by atoms with E-state index in [0.717, 1.165) is 89.9 Å². The van der Waals surface area contributed by atoms with Crippen LogP contribution in [0.5, 0.6) is 0 Å². The molecule has 0 N–H and O–H groups in total. The molecule has 2 aliphatic rings. The SMILES string of the molecule is O=C1CCCCC(CCCCC2CCCCC(=O)OCCCCCCOC2=O)C(=O)OCCCCCCO1. The summed E-state index contributed by atoms with van der Waals surface area (Å²) in [4.78, 5) is 49.2. The van der Waals surface area contributed by atoms with Crippen LogP contribution in [-0.4, -0.2) is 50.3 Å². The van der Waals surface area contributed by atoms with Gasteiger partial charge in [0.2, 0.25) is 0 Å². The number of hydrogen-bond acceptors (Lipinski definition) is 8. The number of carbonyl (C=O) groups is 4. The molecule has 0 aromatic rings. The first kappa shape index (κ1) is 32.1. The fourth-order valence-electron chi connectivity index (χ4n) is 5.07. The molecule has 0 radical (unpaired) electrons. The van der Waals surface area contributed by atoms with Gasteiger partial charge in [-0.3, -0.25) is 19.2 Å². The van der Waals surface area contributed by atoms with Crippen LogP contribution in [0.4, 0.5) is 0 Å². The third kappa shape index (κ3) is 15.3. The number of rotatable bonds is 5. The van der Waals surface area contributed by atoms with Crippen LogP contribution in [-0.2, 0) is 38.1 Å². The van der Waals surface area contributed by atoms with Gasteiger partial charge in [-0.15, -0.1) is 0 Å². The van der Waals surface area contributed by atoms with E-state index >= 15 is 0 Å². The molecule has 0 amide bonds. The van der Waals surface area contributed by atoms with Crippen LogP contribution < -0.4 is 0 Å². The van der Waals surface area contributed by atoms with E-state index in [0.29, 0.717) is 65.0 Å². The molecule has 2 unspecified atom stereocenters. The zero-order chi connectivity index (χ0) is 27.3. The lowest BCUT2D eigenvalue weighted by molar-refractivity contribution is -0.150. The van der Waals surface area contributed by atoms with Crippen molar-refractivity contribution in [1.29, 1.82) is 0 Å². The Hall–Kier alpha value is -2.12. The average molecular weight is 539 g/mol. The van der Waals surface area contributed by atoms with E-state index in [1.807, 2.05) is 0 Å². The van der Waals surface area contributed by atoms with Gasteiger partial charge in [-0.05, 0) is 89.9 Å². The Morgan fingerprint density at radius 3 is 1.21 bits per heavy atom. The summed E-state index contributed by atoms with van der Waals surface area (Å²) in [6, 6.07) is 0. The van der Waals surface area contributed by atoms with Crippen LogP contribution in [0.15, 0.2) is 0 Å². The normalized spacial score (nSPS) is 25.3. The minimum absolute atomic E-state index is 0.136. The van der Waals surface area contributed by atoms with Crippen molar-refractivity contribution in [2.45, 2.75) is 128 Å². The van der Waals surface area contributed by atoms with E-state index < -0.39 is 0 Å². The molecule has 0 saturated carbocycles. The van der Waals surface area contributed by atoms with Gasteiger partial charge in [0.25, 0.3) is 0 Å². The molecule has 0 aliphatic carbocycles. The van der Waals surface area contributed by atoms with Crippen LogP contribution >= 0.6 is 0 Å². The van der Waals surface area contributed by atoms with E-state index in [1.165, 1.54) is 0 Å². The second-order valence-corrected chi connectivity index (χ2v) is 10.8. The van der Waals surface area contributed by atoms with Crippen LogP contribution in [0, 0.1) is 11.8 Å². The number of cyclic esters (lactones) is 4. The minimum atomic E-state index is -0.179. The molecule has 0 bridgehead atoms. The van der Waals surface area contributed by atoms with Crippen molar-refractivity contribution in [2.75, 3.05) is 26.4 Å². The maximum atomic E-state index is 12.8. The molecule has 0 spiro atoms. The Balaban J connectivity index is 1.81. The zero-order valence-corrected chi connectivity index (χ0v) is 23.4. The van der Waals surface area contributed by atoms with Crippen molar-refractivity contribution in [1.82, 2.24) is 0 Å². The summed E-state index contributed by atoms with van der Waals surface area (Å²) in [6.07, 6.45) is 15.5. The van der Waals surface area contributed by atoms with Crippen LogP contribution in [0.1, 0.15) is 128 Å². The summed E-state index contributed by atoms with van der Waals surface area (Å²) in [6.45, 7) is 1.83. The summed E-state index contributed by atoms with van der Waals surface area (Å²) in [7, 11) is 0. The van der Waals surface area contributed by atoms with Gasteiger partial charge >= 0.3 is 23.9 Å². The number of esters is 4. The molecule has 0 aromatic carbocycles. The molecule has 2 atom stereocenters. The van der Waals surface area contributed by atoms with Crippen LogP contribution in [0.2, 0.25) is 0 Å². The van der Waals surface area contributed by atoms with Gasteiger partial charge < -0.3 is 18.9 Å². The Morgan fingerprint density at radius 2 is 0.816 bits per heavy atom. The van der Waals surface area contributed by atoms with Gasteiger partial charge in [0.05, 0.1) is 38.3 Å². The first-order valence-corrected chi connectivity index (χ1v) is 15.2. The number of hydrogen-bond donors (Lipinski definition) is 0. The van der Waals surface area contributed by atoms with Gasteiger partial charge in [-0.25, -0.2) is 0 Å². The summed E-state index contributed by atoms with van der Waals surface area (Å²) in [5.41, 5.74) is 0. The van der Waals surface area contributed by atoms with E-state index in [9.17, 15) is 19.2 Å². The average Bonchev–Trinajstić information content (AvgIpc) is 2.91. The molecular formula is C30H50O8. The molecule has 8 nitrogen and oxygen atoms in total. The van der Waals surface area contributed by atoms with Crippen molar-refractivity contribution < 1.29 is 38.1 Å². The van der Waals surface area contributed by atoms with E-state index in [-0.39, 0.29) is 35.7 Å². The number of unbranched alkanes of at least 4 members (excludes halogenated alkanes) is 1. The Bertz CT molecular complexity index is 634. The van der Waals surface area contributed by atoms with Gasteiger partial charge in [-0.1, -0.05) is 25.7 Å². The smallest absolute Gasteiger partial charge is 0.308 e. The van der Waals surface area contributed by atoms with E-state index in [4.69, 9.17) is 18.9 Å². The molecule has 0 aromatic heterocycles. The fraction of sp³-hybridized carbons (Fsp3) is 0.867. The first-order chi connectivity index (χ1) is 18.6. The Kier molecular flexibility index (Phi) is 17.6. The van der Waals surface area contributed by atoms with Crippen molar-refractivity contribution in [3.05, 3.63) is 0 Å². The third-order valence-electron chi connectivity index (χ3n) is 7.48. The van der Waals surface area contributed by atoms with Crippen LogP contribution in [0.25, 0.3) is 0 Å². The minimum Gasteiger partial charge on any atom is -0.466 e. The lowest BCUT2D eigenvalue weighted by Gasteiger charge is -2.18.